The molecule has 1 heterocycles. The molecule has 0 radical (unpaired) electrons. The Morgan fingerprint density at radius 3 is 2.14 bits per heavy atom. The molecule has 0 saturated carbocycles. The molecule has 3 aromatic rings. The lowest BCUT2D eigenvalue weighted by Crippen LogP contribution is -2.07. The summed E-state index contributed by atoms with van der Waals surface area (Å²) in [6.45, 7) is 0.0577. The molecule has 0 aliphatic rings. The predicted octanol–water partition coefficient (Wildman–Crippen LogP) is 4.20. The highest BCUT2D eigenvalue weighted by Gasteiger charge is 2.18. The largest absolute Gasteiger partial charge is 0.497 e. The summed E-state index contributed by atoms with van der Waals surface area (Å²) < 4.78 is 26.4. The van der Waals surface area contributed by atoms with E-state index in [2.05, 4.69) is 4.98 Å². The van der Waals surface area contributed by atoms with Gasteiger partial charge in [0.25, 0.3) is 0 Å². The Hall–Kier alpha value is -3.26. The Morgan fingerprint density at radius 2 is 1.59 bits per heavy atom. The molecule has 0 aliphatic heterocycles. The van der Waals surface area contributed by atoms with Crippen molar-refractivity contribution in [1.82, 2.24) is 4.98 Å². The smallest absolute Gasteiger partial charge is 0.338 e. The van der Waals surface area contributed by atoms with Crippen molar-refractivity contribution in [2.75, 3.05) is 28.4 Å². The number of carbonyl (C=O) groups excluding carboxylic acids is 1. The van der Waals surface area contributed by atoms with Crippen molar-refractivity contribution in [3.8, 4) is 33.6 Å². The van der Waals surface area contributed by atoms with E-state index in [1.165, 1.54) is 32.7 Å². The Kier molecular flexibility index (Phi) is 6.56. The number of methoxy groups -OCH3 is 4. The van der Waals surface area contributed by atoms with Crippen LogP contribution in [0.1, 0.15) is 16.1 Å². The average Bonchev–Trinajstić information content (AvgIpc) is 3.25. The fourth-order valence-electron chi connectivity index (χ4n) is 2.66. The van der Waals surface area contributed by atoms with E-state index in [-0.39, 0.29) is 6.61 Å². The molecule has 29 heavy (non-hydrogen) atoms. The van der Waals surface area contributed by atoms with Gasteiger partial charge in [0.2, 0.25) is 5.75 Å². The molecule has 0 saturated heterocycles. The van der Waals surface area contributed by atoms with E-state index in [1.807, 2.05) is 29.6 Å². The van der Waals surface area contributed by atoms with Gasteiger partial charge in [-0.15, -0.1) is 11.3 Å². The van der Waals surface area contributed by atoms with E-state index in [1.54, 1.807) is 19.2 Å². The van der Waals surface area contributed by atoms with E-state index in [4.69, 9.17) is 23.7 Å². The third-order valence-electron chi connectivity index (χ3n) is 4.14. The maximum absolute atomic E-state index is 12.5. The van der Waals surface area contributed by atoms with Gasteiger partial charge in [0, 0.05) is 10.9 Å². The SMILES string of the molecule is COc1ccc(-c2nc(COC(=O)c3cc(OC)c(OC)c(OC)c3)cs2)cc1. The van der Waals surface area contributed by atoms with Crippen LogP contribution in [-0.4, -0.2) is 39.4 Å². The standard InChI is InChI=1S/C21H21NO6S/c1-24-16-7-5-13(6-8-16)20-22-15(12-29-20)11-28-21(23)14-9-17(25-2)19(27-4)18(10-14)26-3/h5-10,12H,11H2,1-4H3. The highest BCUT2D eigenvalue weighted by atomic mass is 32.1. The van der Waals surface area contributed by atoms with E-state index < -0.39 is 5.97 Å². The summed E-state index contributed by atoms with van der Waals surface area (Å²) in [6.07, 6.45) is 0. The van der Waals surface area contributed by atoms with Crippen LogP contribution in [0.4, 0.5) is 0 Å². The Morgan fingerprint density at radius 1 is 0.931 bits per heavy atom. The number of ether oxygens (including phenoxy) is 5. The van der Waals surface area contributed by atoms with Crippen LogP contribution in [0.15, 0.2) is 41.8 Å². The zero-order chi connectivity index (χ0) is 20.8. The van der Waals surface area contributed by atoms with Crippen molar-refractivity contribution < 1.29 is 28.5 Å². The van der Waals surface area contributed by atoms with Gasteiger partial charge in [-0.3, -0.25) is 0 Å². The van der Waals surface area contributed by atoms with Gasteiger partial charge in [-0.25, -0.2) is 9.78 Å². The maximum atomic E-state index is 12.5. The first-order valence-electron chi connectivity index (χ1n) is 8.65. The molecule has 2 aromatic carbocycles. The summed E-state index contributed by atoms with van der Waals surface area (Å²) in [5, 5.41) is 2.70. The zero-order valence-corrected chi connectivity index (χ0v) is 17.4. The molecule has 0 amide bonds. The van der Waals surface area contributed by atoms with Gasteiger partial charge >= 0.3 is 5.97 Å². The van der Waals surface area contributed by atoms with Crippen LogP contribution in [0.3, 0.4) is 0 Å². The molecule has 0 aliphatic carbocycles. The minimum Gasteiger partial charge on any atom is -0.497 e. The average molecular weight is 415 g/mol. The normalized spacial score (nSPS) is 10.3. The third-order valence-corrected chi connectivity index (χ3v) is 5.08. The van der Waals surface area contributed by atoms with Crippen molar-refractivity contribution in [3.05, 3.63) is 53.0 Å². The molecule has 0 N–H and O–H groups in total. The fourth-order valence-corrected chi connectivity index (χ4v) is 3.47. The molecule has 152 valence electrons. The van der Waals surface area contributed by atoms with Gasteiger partial charge in [0.1, 0.15) is 17.4 Å². The summed E-state index contributed by atoms with van der Waals surface area (Å²) in [5.41, 5.74) is 1.93. The number of hydrogen-bond donors (Lipinski definition) is 0. The highest BCUT2D eigenvalue weighted by molar-refractivity contribution is 7.13. The van der Waals surface area contributed by atoms with Gasteiger partial charge in [-0.1, -0.05) is 0 Å². The van der Waals surface area contributed by atoms with Crippen LogP contribution < -0.4 is 18.9 Å². The van der Waals surface area contributed by atoms with E-state index in [0.717, 1.165) is 16.3 Å². The number of nitrogens with zero attached hydrogens (tertiary/aromatic N) is 1. The van der Waals surface area contributed by atoms with Crippen molar-refractivity contribution in [2.45, 2.75) is 6.61 Å². The van der Waals surface area contributed by atoms with E-state index in [9.17, 15) is 4.79 Å². The number of aromatic nitrogens is 1. The molecule has 0 atom stereocenters. The van der Waals surface area contributed by atoms with Gasteiger partial charge in [-0.2, -0.15) is 0 Å². The van der Waals surface area contributed by atoms with Crippen LogP contribution in [0.5, 0.6) is 23.0 Å². The number of esters is 1. The lowest BCUT2D eigenvalue weighted by atomic mass is 10.2. The summed E-state index contributed by atoms with van der Waals surface area (Å²) in [4.78, 5) is 17.0. The Balaban J connectivity index is 1.70. The zero-order valence-electron chi connectivity index (χ0n) is 16.6. The van der Waals surface area contributed by atoms with Gasteiger partial charge in [-0.05, 0) is 36.4 Å². The summed E-state index contributed by atoms with van der Waals surface area (Å²) in [7, 11) is 6.10. The molecule has 0 bridgehead atoms. The number of carbonyl (C=O) groups is 1. The van der Waals surface area contributed by atoms with E-state index >= 15 is 0 Å². The molecular weight excluding hydrogens is 394 g/mol. The first-order chi connectivity index (χ1) is 14.1. The monoisotopic (exact) mass is 415 g/mol. The van der Waals surface area contributed by atoms with Crippen LogP contribution in [0.25, 0.3) is 10.6 Å². The minimum absolute atomic E-state index is 0.0577. The van der Waals surface area contributed by atoms with Crippen LogP contribution in [-0.2, 0) is 11.3 Å². The molecule has 1 aromatic heterocycles. The first kappa shape index (κ1) is 20.5. The van der Waals surface area contributed by atoms with Gasteiger partial charge in [0.15, 0.2) is 11.5 Å². The predicted molar refractivity (Wildman–Crippen MR) is 109 cm³/mol. The maximum Gasteiger partial charge on any atom is 0.338 e. The Labute approximate surface area is 172 Å². The van der Waals surface area contributed by atoms with Crippen molar-refractivity contribution in [3.63, 3.8) is 0 Å². The highest BCUT2D eigenvalue weighted by Crippen LogP contribution is 2.38. The second-order valence-corrected chi connectivity index (χ2v) is 6.72. The van der Waals surface area contributed by atoms with Crippen LogP contribution in [0.2, 0.25) is 0 Å². The topological polar surface area (TPSA) is 76.1 Å². The number of rotatable bonds is 8. The quantitative estimate of drug-likeness (QED) is 0.510. The van der Waals surface area contributed by atoms with Crippen LogP contribution >= 0.6 is 11.3 Å². The summed E-state index contributed by atoms with van der Waals surface area (Å²) in [5.74, 6) is 1.45. The third kappa shape index (κ3) is 4.60. The van der Waals surface area contributed by atoms with Gasteiger partial charge < -0.3 is 23.7 Å². The van der Waals surface area contributed by atoms with Gasteiger partial charge in [0.05, 0.1) is 39.7 Å². The second-order valence-electron chi connectivity index (χ2n) is 5.86. The molecule has 0 spiro atoms. The summed E-state index contributed by atoms with van der Waals surface area (Å²) in [6, 6.07) is 10.7. The van der Waals surface area contributed by atoms with Crippen LogP contribution in [0, 0.1) is 0 Å². The molecule has 0 fully saturated rings. The minimum atomic E-state index is -0.511. The summed E-state index contributed by atoms with van der Waals surface area (Å²) >= 11 is 1.48. The van der Waals surface area contributed by atoms with Crippen molar-refractivity contribution >= 4 is 17.3 Å². The molecule has 0 unspecified atom stereocenters. The molecule has 7 nitrogen and oxygen atoms in total. The number of thiazole rings is 1. The fraction of sp³-hybridized carbons (Fsp3) is 0.238. The number of benzene rings is 2. The lowest BCUT2D eigenvalue weighted by Gasteiger charge is -2.13. The lowest BCUT2D eigenvalue weighted by molar-refractivity contribution is 0.0467. The first-order valence-corrected chi connectivity index (χ1v) is 9.53. The van der Waals surface area contributed by atoms with Crippen molar-refractivity contribution in [2.24, 2.45) is 0 Å². The van der Waals surface area contributed by atoms with E-state index in [0.29, 0.717) is 28.5 Å². The molecule has 8 heteroatoms. The number of hydrogen-bond acceptors (Lipinski definition) is 8. The second kappa shape index (κ2) is 9.29. The van der Waals surface area contributed by atoms with Crippen molar-refractivity contribution in [1.29, 1.82) is 0 Å². The molecular formula is C21H21NO6S. The Bertz CT molecular complexity index is 958. The molecule has 3 rings (SSSR count).